The second-order valence-corrected chi connectivity index (χ2v) is 20.5. The normalized spacial score (nSPS) is 12.0. The van der Waals surface area contributed by atoms with E-state index in [9.17, 15) is 0 Å². The number of rotatable bonds is 13. The molecule has 0 amide bonds. The molecule has 0 atom stereocenters. The summed E-state index contributed by atoms with van der Waals surface area (Å²) in [5, 5.41) is 0. The molecule has 0 saturated carbocycles. The molecule has 0 aliphatic heterocycles. The fourth-order valence-electron chi connectivity index (χ4n) is 3.16. The average molecular weight is 361 g/mol. The summed E-state index contributed by atoms with van der Waals surface area (Å²) in [5.41, 5.74) is 0. The van der Waals surface area contributed by atoms with Gasteiger partial charge >= 0.3 is 122 Å². The minimum atomic E-state index is -1.72. The zero-order valence-electron chi connectivity index (χ0n) is 13.7. The first-order valence-electron chi connectivity index (χ1n) is 8.74. The monoisotopic (exact) mass is 362 g/mol. The van der Waals surface area contributed by atoms with E-state index in [1.165, 1.54) is 51.4 Å². The third-order valence-electron chi connectivity index (χ3n) is 4.49. The van der Waals surface area contributed by atoms with Crippen LogP contribution in [0.4, 0.5) is 0 Å². The molecule has 0 bridgehead atoms. The van der Waals surface area contributed by atoms with Crippen molar-refractivity contribution in [3.8, 4) is 0 Å². The van der Waals surface area contributed by atoms with Crippen LogP contribution in [0.3, 0.4) is 0 Å². The second kappa shape index (κ2) is 12.8. The van der Waals surface area contributed by atoms with Crippen molar-refractivity contribution >= 4 is 18.4 Å². The predicted molar refractivity (Wildman–Crippen MR) is 89.2 cm³/mol. The molecule has 0 rings (SSSR count). The van der Waals surface area contributed by atoms with Crippen molar-refractivity contribution in [1.29, 1.82) is 0 Å². The molecule has 0 aliphatic rings. The van der Waals surface area contributed by atoms with E-state index in [1.54, 1.807) is 24.2 Å². The summed E-state index contributed by atoms with van der Waals surface area (Å²) in [6.45, 7) is 9.48. The van der Waals surface area contributed by atoms with Crippen molar-refractivity contribution in [2.24, 2.45) is 0 Å². The molecule has 0 N–H and O–H groups in total. The van der Waals surface area contributed by atoms with Gasteiger partial charge in [-0.2, -0.15) is 0 Å². The van der Waals surface area contributed by atoms with E-state index >= 15 is 0 Å². The van der Waals surface area contributed by atoms with Crippen LogP contribution >= 0.6 is 0 Å². The zero-order valence-corrected chi connectivity index (χ0v) is 16.5. The molecule has 0 aromatic heterocycles. The zero-order chi connectivity index (χ0) is 13.7. The van der Waals surface area contributed by atoms with Gasteiger partial charge in [-0.15, -0.1) is 0 Å². The summed E-state index contributed by atoms with van der Waals surface area (Å²) in [6, 6.07) is 0. The second-order valence-electron chi connectivity index (χ2n) is 6.27. The van der Waals surface area contributed by atoms with E-state index in [0.29, 0.717) is 0 Å². The minimum absolute atomic E-state index is 1.40. The van der Waals surface area contributed by atoms with E-state index in [4.69, 9.17) is 0 Å². The summed E-state index contributed by atoms with van der Waals surface area (Å²) in [6.07, 6.45) is 13.3. The molecule has 0 aromatic carbocycles. The molecule has 0 radical (unpaired) electrons. The van der Waals surface area contributed by atoms with Gasteiger partial charge in [0.1, 0.15) is 0 Å². The van der Waals surface area contributed by atoms with E-state index in [1.807, 2.05) is 0 Å². The standard InChI is InChI=1S/C5H11.3C4H9.Sn/c1-3-5-4-2;3*1-3-4-2;/h1,3-5H2,2H3;3*1,3-4H2,2H3;. The Hall–Kier alpha value is 0.799. The van der Waals surface area contributed by atoms with E-state index in [2.05, 4.69) is 27.7 Å². The maximum atomic E-state index is 2.38. The van der Waals surface area contributed by atoms with E-state index in [0.717, 1.165) is 0 Å². The van der Waals surface area contributed by atoms with Crippen molar-refractivity contribution in [2.45, 2.75) is 103 Å². The quantitative estimate of drug-likeness (QED) is 0.244. The summed E-state index contributed by atoms with van der Waals surface area (Å²) in [7, 11) is 0. The summed E-state index contributed by atoms with van der Waals surface area (Å²) >= 11 is -1.72. The molecule has 0 fully saturated rings. The first-order chi connectivity index (χ1) is 8.74. The number of hydrogen-bond donors (Lipinski definition) is 0. The molecule has 0 unspecified atom stereocenters. The molecule has 0 aromatic rings. The Kier molecular flexibility index (Phi) is 13.4. The Labute approximate surface area is 121 Å². The van der Waals surface area contributed by atoms with Gasteiger partial charge in [-0.25, -0.2) is 0 Å². The SMILES string of the molecule is CCCC[CH2][Sn]([CH2]CCC)([CH2]CCC)[CH2]CCC. The predicted octanol–water partition coefficient (Wildman–Crippen LogP) is 7.03. The summed E-state index contributed by atoms with van der Waals surface area (Å²) in [4.78, 5) is 0. The molecule has 0 nitrogen and oxygen atoms in total. The van der Waals surface area contributed by atoms with Gasteiger partial charge in [-0.1, -0.05) is 0 Å². The number of unbranched alkanes of at least 4 members (excludes halogenated alkanes) is 5. The van der Waals surface area contributed by atoms with Crippen molar-refractivity contribution in [3.63, 3.8) is 0 Å². The molecule has 1 heteroatoms. The van der Waals surface area contributed by atoms with E-state index < -0.39 is 18.4 Å². The van der Waals surface area contributed by atoms with Crippen LogP contribution in [0.15, 0.2) is 0 Å². The molecule has 110 valence electrons. The topological polar surface area (TPSA) is 0 Å². The Bertz CT molecular complexity index is 143. The number of hydrogen-bond acceptors (Lipinski definition) is 0. The molecule has 18 heavy (non-hydrogen) atoms. The van der Waals surface area contributed by atoms with Gasteiger partial charge in [-0.3, -0.25) is 0 Å². The average Bonchev–Trinajstić information content (AvgIpc) is 2.40. The van der Waals surface area contributed by atoms with Crippen molar-refractivity contribution in [3.05, 3.63) is 0 Å². The summed E-state index contributed by atoms with van der Waals surface area (Å²) < 4.78 is 6.82. The summed E-state index contributed by atoms with van der Waals surface area (Å²) in [5.74, 6) is 0. The Morgan fingerprint density at radius 3 is 1.11 bits per heavy atom. The van der Waals surface area contributed by atoms with Crippen LogP contribution in [0.5, 0.6) is 0 Å². The van der Waals surface area contributed by atoms with Crippen LogP contribution in [-0.2, 0) is 0 Å². The van der Waals surface area contributed by atoms with Crippen molar-refractivity contribution < 1.29 is 0 Å². The van der Waals surface area contributed by atoms with Gasteiger partial charge in [0, 0.05) is 0 Å². The first-order valence-corrected chi connectivity index (χ1v) is 16.8. The van der Waals surface area contributed by atoms with E-state index in [-0.39, 0.29) is 0 Å². The molecule has 0 aliphatic carbocycles. The maximum absolute atomic E-state index is 2.38. The van der Waals surface area contributed by atoms with Crippen LogP contribution < -0.4 is 0 Å². The third-order valence-corrected chi connectivity index (χ3v) is 20.6. The van der Waals surface area contributed by atoms with Crippen LogP contribution in [0.1, 0.15) is 85.5 Å². The van der Waals surface area contributed by atoms with Gasteiger partial charge in [0.15, 0.2) is 0 Å². The van der Waals surface area contributed by atoms with Crippen LogP contribution in [0.2, 0.25) is 17.7 Å². The first kappa shape index (κ1) is 18.8. The fraction of sp³-hybridized carbons (Fsp3) is 1.00. The van der Waals surface area contributed by atoms with Gasteiger partial charge in [0.25, 0.3) is 0 Å². The molecular formula is C17H38Sn. The third kappa shape index (κ3) is 8.82. The van der Waals surface area contributed by atoms with Crippen molar-refractivity contribution in [1.82, 2.24) is 0 Å². The Morgan fingerprint density at radius 2 is 0.778 bits per heavy atom. The van der Waals surface area contributed by atoms with Crippen LogP contribution in [0.25, 0.3) is 0 Å². The van der Waals surface area contributed by atoms with Crippen LogP contribution in [0, 0.1) is 0 Å². The fourth-order valence-corrected chi connectivity index (χ4v) is 19.7. The molecular weight excluding hydrogens is 323 g/mol. The molecule has 0 heterocycles. The molecule has 0 spiro atoms. The van der Waals surface area contributed by atoms with Gasteiger partial charge < -0.3 is 0 Å². The van der Waals surface area contributed by atoms with Gasteiger partial charge in [0.2, 0.25) is 0 Å². The Morgan fingerprint density at radius 1 is 0.444 bits per heavy atom. The van der Waals surface area contributed by atoms with Crippen LogP contribution in [-0.4, -0.2) is 18.4 Å². The van der Waals surface area contributed by atoms with Crippen molar-refractivity contribution in [2.75, 3.05) is 0 Å². The van der Waals surface area contributed by atoms with Gasteiger partial charge in [-0.05, 0) is 0 Å². The van der Waals surface area contributed by atoms with Gasteiger partial charge in [0.05, 0.1) is 0 Å². The molecule has 0 saturated heterocycles. The Balaban J connectivity index is 4.41.